The summed E-state index contributed by atoms with van der Waals surface area (Å²) in [4.78, 5) is 15.1. The molecule has 2 aliphatic carbocycles. The number of carbonyl (C=O) groups is 1. The second-order valence-corrected chi connectivity index (χ2v) is 7.34. The fraction of sp³-hybridized carbons (Fsp3) is 0.941. The number of carbonyl (C=O) groups excluding carboxylic acids is 1. The first kappa shape index (κ1) is 14.4. The molecule has 5 unspecified atom stereocenters. The van der Waals surface area contributed by atoms with Gasteiger partial charge in [-0.1, -0.05) is 33.6 Å². The van der Waals surface area contributed by atoms with Crippen molar-refractivity contribution in [3.05, 3.63) is 0 Å². The fourth-order valence-electron chi connectivity index (χ4n) is 4.70. The average molecular weight is 278 g/mol. The monoisotopic (exact) mass is 278 g/mol. The van der Waals surface area contributed by atoms with Crippen LogP contribution in [0.25, 0.3) is 0 Å². The smallest absolute Gasteiger partial charge is 0.241 e. The van der Waals surface area contributed by atoms with Crippen LogP contribution in [0.3, 0.4) is 0 Å². The Balaban J connectivity index is 1.82. The second kappa shape index (κ2) is 5.67. The minimum Gasteiger partial charge on any atom is -0.322 e. The highest BCUT2D eigenvalue weighted by Crippen LogP contribution is 2.40. The zero-order valence-electron chi connectivity index (χ0n) is 13.3. The van der Waals surface area contributed by atoms with E-state index in [2.05, 4.69) is 31.0 Å². The van der Waals surface area contributed by atoms with Gasteiger partial charge in [0.05, 0.1) is 12.2 Å². The van der Waals surface area contributed by atoms with Crippen molar-refractivity contribution < 1.29 is 4.79 Å². The average Bonchev–Trinajstić information content (AvgIpc) is 3.13. The van der Waals surface area contributed by atoms with Gasteiger partial charge in [0, 0.05) is 6.04 Å². The number of nitrogens with one attached hydrogen (secondary N) is 1. The fourth-order valence-corrected chi connectivity index (χ4v) is 4.70. The van der Waals surface area contributed by atoms with Crippen LogP contribution in [0.1, 0.15) is 65.7 Å². The van der Waals surface area contributed by atoms with Crippen molar-refractivity contribution in [3.63, 3.8) is 0 Å². The summed E-state index contributed by atoms with van der Waals surface area (Å²) in [6.07, 6.45) is 9.03. The van der Waals surface area contributed by atoms with Crippen LogP contribution in [0.5, 0.6) is 0 Å². The van der Waals surface area contributed by atoms with Crippen molar-refractivity contribution in [3.8, 4) is 0 Å². The van der Waals surface area contributed by atoms with E-state index in [4.69, 9.17) is 0 Å². The first-order chi connectivity index (χ1) is 9.63. The van der Waals surface area contributed by atoms with E-state index in [-0.39, 0.29) is 6.04 Å². The lowest BCUT2D eigenvalue weighted by molar-refractivity contribution is -0.133. The minimum atomic E-state index is 0.0729. The Kier molecular flexibility index (Phi) is 4.07. The number of hydrogen-bond acceptors (Lipinski definition) is 2. The van der Waals surface area contributed by atoms with Crippen LogP contribution in [0.15, 0.2) is 0 Å². The molecule has 20 heavy (non-hydrogen) atoms. The Morgan fingerprint density at radius 1 is 1.15 bits per heavy atom. The first-order valence-corrected chi connectivity index (χ1v) is 8.71. The van der Waals surface area contributed by atoms with Gasteiger partial charge in [-0.25, -0.2) is 0 Å². The van der Waals surface area contributed by atoms with Gasteiger partial charge >= 0.3 is 0 Å². The number of amides is 1. The zero-order valence-corrected chi connectivity index (χ0v) is 13.3. The molecule has 0 radical (unpaired) electrons. The van der Waals surface area contributed by atoms with E-state index in [0.717, 1.165) is 12.3 Å². The molecule has 1 heterocycles. The Bertz CT molecular complexity index is 364. The van der Waals surface area contributed by atoms with Crippen LogP contribution < -0.4 is 5.32 Å². The molecule has 3 nitrogen and oxygen atoms in total. The summed E-state index contributed by atoms with van der Waals surface area (Å²) < 4.78 is 0. The van der Waals surface area contributed by atoms with Crippen molar-refractivity contribution in [1.29, 1.82) is 0 Å². The molecule has 3 heteroatoms. The van der Waals surface area contributed by atoms with Crippen molar-refractivity contribution in [2.75, 3.05) is 0 Å². The van der Waals surface area contributed by atoms with Crippen LogP contribution in [0.2, 0.25) is 0 Å². The molecular weight excluding hydrogens is 248 g/mol. The molecule has 3 aliphatic rings. The highest BCUT2D eigenvalue weighted by atomic mass is 16.2. The van der Waals surface area contributed by atoms with Crippen molar-refractivity contribution in [2.24, 2.45) is 17.8 Å². The first-order valence-electron chi connectivity index (χ1n) is 8.71. The largest absolute Gasteiger partial charge is 0.322 e. The van der Waals surface area contributed by atoms with E-state index in [9.17, 15) is 4.79 Å². The molecule has 0 spiro atoms. The molecule has 1 aliphatic heterocycles. The molecule has 3 fully saturated rings. The topological polar surface area (TPSA) is 32.3 Å². The van der Waals surface area contributed by atoms with E-state index < -0.39 is 0 Å². The van der Waals surface area contributed by atoms with Gasteiger partial charge in [-0.05, 0) is 49.9 Å². The third kappa shape index (κ3) is 2.28. The van der Waals surface area contributed by atoms with Crippen molar-refractivity contribution in [1.82, 2.24) is 10.2 Å². The number of nitrogens with zero attached hydrogens (tertiary/aromatic N) is 1. The Labute approximate surface area is 123 Å². The maximum atomic E-state index is 12.8. The van der Waals surface area contributed by atoms with Gasteiger partial charge in [0.15, 0.2) is 0 Å². The van der Waals surface area contributed by atoms with E-state index in [1.807, 2.05) is 0 Å². The zero-order chi connectivity index (χ0) is 14.3. The summed E-state index contributed by atoms with van der Waals surface area (Å²) in [5.41, 5.74) is 0. The molecule has 1 N–H and O–H groups in total. The molecule has 0 bridgehead atoms. The van der Waals surface area contributed by atoms with E-state index in [0.29, 0.717) is 30.0 Å². The summed E-state index contributed by atoms with van der Waals surface area (Å²) in [5, 5.41) is 3.67. The maximum Gasteiger partial charge on any atom is 0.241 e. The van der Waals surface area contributed by atoms with Gasteiger partial charge in [-0.15, -0.1) is 0 Å². The number of rotatable bonds is 3. The molecule has 0 aromatic heterocycles. The second-order valence-electron chi connectivity index (χ2n) is 7.34. The van der Waals surface area contributed by atoms with Gasteiger partial charge in [-0.2, -0.15) is 0 Å². The third-order valence-corrected chi connectivity index (χ3v) is 6.26. The molecule has 0 aromatic carbocycles. The van der Waals surface area contributed by atoms with Gasteiger partial charge in [0.2, 0.25) is 5.91 Å². The molecule has 0 aromatic rings. The van der Waals surface area contributed by atoms with Crippen LogP contribution in [0, 0.1) is 17.8 Å². The summed E-state index contributed by atoms with van der Waals surface area (Å²) in [7, 11) is 0. The summed E-state index contributed by atoms with van der Waals surface area (Å²) in [6.45, 7) is 6.83. The molecule has 114 valence electrons. The Morgan fingerprint density at radius 2 is 1.85 bits per heavy atom. The molecule has 5 atom stereocenters. The molecule has 1 amide bonds. The highest BCUT2D eigenvalue weighted by molar-refractivity contribution is 5.84. The predicted octanol–water partition coefficient (Wildman–Crippen LogP) is 3.15. The van der Waals surface area contributed by atoms with Gasteiger partial charge in [0.1, 0.15) is 0 Å². The predicted molar refractivity (Wildman–Crippen MR) is 81.2 cm³/mol. The normalized spacial score (nSPS) is 42.9. The maximum absolute atomic E-state index is 12.8. The van der Waals surface area contributed by atoms with Crippen LogP contribution in [0.4, 0.5) is 0 Å². The molecule has 2 saturated carbocycles. The van der Waals surface area contributed by atoms with Crippen molar-refractivity contribution in [2.45, 2.75) is 84.0 Å². The lowest BCUT2D eigenvalue weighted by atomic mass is 9.95. The van der Waals surface area contributed by atoms with Crippen molar-refractivity contribution >= 4 is 5.91 Å². The van der Waals surface area contributed by atoms with Gasteiger partial charge < -0.3 is 4.90 Å². The van der Waals surface area contributed by atoms with E-state index >= 15 is 0 Å². The lowest BCUT2D eigenvalue weighted by Crippen LogP contribution is -2.49. The molecule has 1 saturated heterocycles. The van der Waals surface area contributed by atoms with Crippen LogP contribution in [-0.2, 0) is 4.79 Å². The van der Waals surface area contributed by atoms with Gasteiger partial charge in [-0.3, -0.25) is 10.1 Å². The number of hydrogen-bond donors (Lipinski definition) is 1. The molecule has 3 rings (SSSR count). The summed E-state index contributed by atoms with van der Waals surface area (Å²) in [5.74, 6) is 2.49. The van der Waals surface area contributed by atoms with E-state index in [1.165, 1.54) is 38.5 Å². The summed E-state index contributed by atoms with van der Waals surface area (Å²) >= 11 is 0. The van der Waals surface area contributed by atoms with Crippen LogP contribution >= 0.6 is 0 Å². The summed E-state index contributed by atoms with van der Waals surface area (Å²) in [6, 6.07) is 0.552. The van der Waals surface area contributed by atoms with Crippen LogP contribution in [-0.4, -0.2) is 29.1 Å². The lowest BCUT2D eigenvalue weighted by Gasteiger charge is -2.36. The van der Waals surface area contributed by atoms with Gasteiger partial charge in [0.25, 0.3) is 0 Å². The minimum absolute atomic E-state index is 0.0729. The quantitative estimate of drug-likeness (QED) is 0.860. The molecular formula is C17H30N2O. The standard InChI is InChI=1S/C17H30N2O/c1-4-14-17(20)19(15-10-9-11(2)12(15)3)16(18-14)13-7-5-6-8-13/h11-16,18H,4-10H2,1-3H3. The van der Waals surface area contributed by atoms with E-state index in [1.54, 1.807) is 0 Å². The third-order valence-electron chi connectivity index (χ3n) is 6.26. The highest BCUT2D eigenvalue weighted by Gasteiger charge is 2.48. The SMILES string of the molecule is CCC1NC(C2CCCC2)N(C2CCC(C)C2C)C1=O. The Morgan fingerprint density at radius 3 is 2.40 bits per heavy atom. The Hall–Kier alpha value is -0.570.